The maximum atomic E-state index is 12.8. The number of rotatable bonds is 5. The Morgan fingerprint density at radius 3 is 2.62 bits per heavy atom. The van der Waals surface area contributed by atoms with Gasteiger partial charge in [0.1, 0.15) is 29.9 Å². The van der Waals surface area contributed by atoms with Gasteiger partial charge in [-0.25, -0.2) is 0 Å². The van der Waals surface area contributed by atoms with E-state index in [9.17, 15) is 20.1 Å². The monoisotopic (exact) mass is 410 g/mol. The molecule has 2 rings (SSSR count). The molecule has 1 amide bonds. The molecule has 4 unspecified atom stereocenters. The number of halogens is 1. The van der Waals surface area contributed by atoms with E-state index in [2.05, 4.69) is 17.6 Å². The first-order valence-electron chi connectivity index (χ1n) is 9.16. The second kappa shape index (κ2) is 9.91. The minimum absolute atomic E-state index is 0.187. The van der Waals surface area contributed by atoms with Crippen LogP contribution in [0.3, 0.4) is 0 Å². The minimum Gasteiger partial charge on any atom is -0.388 e. The van der Waals surface area contributed by atoms with Gasteiger partial charge in [0.15, 0.2) is 0 Å². The number of hydrogen-bond acceptors (Lipinski definition) is 7. The average molecular weight is 411 g/mol. The third-order valence-corrected chi connectivity index (χ3v) is 6.34. The first-order chi connectivity index (χ1) is 12.3. The van der Waals surface area contributed by atoms with Gasteiger partial charge in [-0.15, -0.1) is 23.4 Å². The van der Waals surface area contributed by atoms with Crippen molar-refractivity contribution in [3.63, 3.8) is 0 Å². The third kappa shape index (κ3) is 5.25. The number of amides is 1. The van der Waals surface area contributed by atoms with Gasteiger partial charge < -0.3 is 30.7 Å². The van der Waals surface area contributed by atoms with Crippen molar-refractivity contribution in [3.8, 4) is 0 Å². The van der Waals surface area contributed by atoms with E-state index in [1.807, 2.05) is 0 Å². The fraction of sp³-hybridized carbons (Fsp3) is 0.941. The van der Waals surface area contributed by atoms with E-state index in [1.165, 1.54) is 11.8 Å². The summed E-state index contributed by atoms with van der Waals surface area (Å²) in [7, 11) is 0. The highest BCUT2D eigenvalue weighted by Gasteiger charge is 2.48. The molecule has 0 aromatic rings. The molecule has 0 aromatic heterocycles. The first kappa shape index (κ1) is 22.2. The zero-order valence-corrected chi connectivity index (χ0v) is 17.0. The Labute approximate surface area is 164 Å². The summed E-state index contributed by atoms with van der Waals surface area (Å²) in [6.07, 6.45) is -0.242. The summed E-state index contributed by atoms with van der Waals surface area (Å²) in [4.78, 5) is 12.8. The molecule has 0 bridgehead atoms. The zero-order valence-electron chi connectivity index (χ0n) is 15.5. The molecule has 9 atom stereocenters. The Morgan fingerprint density at radius 1 is 1.31 bits per heavy atom. The highest BCUT2D eigenvalue weighted by Crippen LogP contribution is 2.30. The van der Waals surface area contributed by atoms with E-state index < -0.39 is 41.3 Å². The highest BCUT2D eigenvalue weighted by atomic mass is 35.5. The van der Waals surface area contributed by atoms with Crippen LogP contribution < -0.4 is 10.6 Å². The Balaban J connectivity index is 2.10. The molecule has 2 fully saturated rings. The Morgan fingerprint density at radius 2 is 2.00 bits per heavy atom. The van der Waals surface area contributed by atoms with Crippen molar-refractivity contribution in [2.45, 2.75) is 80.4 Å². The molecule has 5 N–H and O–H groups in total. The predicted octanol–water partition coefficient (Wildman–Crippen LogP) is 0.0473. The molecule has 0 saturated carbocycles. The minimum atomic E-state index is -1.36. The van der Waals surface area contributed by atoms with Crippen molar-refractivity contribution in [3.05, 3.63) is 0 Å². The van der Waals surface area contributed by atoms with Crippen LogP contribution in [-0.4, -0.2) is 81.3 Å². The number of carbonyl (C=O) groups excluding carboxylic acids is 1. The molecule has 7 nitrogen and oxygen atoms in total. The molecule has 2 saturated heterocycles. The van der Waals surface area contributed by atoms with Crippen molar-refractivity contribution in [1.82, 2.24) is 10.6 Å². The van der Waals surface area contributed by atoms with Crippen LogP contribution in [0.15, 0.2) is 0 Å². The lowest BCUT2D eigenvalue weighted by Gasteiger charge is -2.44. The molecule has 2 heterocycles. The fourth-order valence-corrected chi connectivity index (χ4v) is 4.50. The summed E-state index contributed by atoms with van der Waals surface area (Å²) >= 11 is 7.52. The molecule has 0 aliphatic carbocycles. The normalized spacial score (nSPS) is 41.1. The van der Waals surface area contributed by atoms with E-state index in [0.717, 1.165) is 25.8 Å². The van der Waals surface area contributed by atoms with E-state index in [1.54, 1.807) is 13.2 Å². The van der Waals surface area contributed by atoms with Crippen LogP contribution in [0.4, 0.5) is 0 Å². The largest absolute Gasteiger partial charge is 0.388 e. The summed E-state index contributed by atoms with van der Waals surface area (Å²) in [5, 5.41) is 36.1. The number of nitrogens with one attached hydrogen (secondary N) is 2. The Hall–Kier alpha value is -0.0900. The lowest BCUT2D eigenvalue weighted by Crippen LogP contribution is -2.65. The maximum absolute atomic E-state index is 12.8. The van der Waals surface area contributed by atoms with Crippen LogP contribution in [0.25, 0.3) is 0 Å². The van der Waals surface area contributed by atoms with Gasteiger partial charge in [0.05, 0.1) is 17.5 Å². The summed E-state index contributed by atoms with van der Waals surface area (Å²) in [6.45, 7) is 4.62. The van der Waals surface area contributed by atoms with Crippen molar-refractivity contribution in [2.75, 3.05) is 12.8 Å². The molecule has 152 valence electrons. The van der Waals surface area contributed by atoms with Crippen LogP contribution in [0.5, 0.6) is 0 Å². The van der Waals surface area contributed by atoms with Gasteiger partial charge >= 0.3 is 0 Å². The van der Waals surface area contributed by atoms with Gasteiger partial charge in [-0.1, -0.05) is 6.92 Å². The first-order valence-corrected chi connectivity index (χ1v) is 10.9. The number of carbonyl (C=O) groups is 1. The van der Waals surface area contributed by atoms with Crippen molar-refractivity contribution in [2.24, 2.45) is 5.92 Å². The molecule has 9 heteroatoms. The molecule has 0 radical (unpaired) electrons. The summed E-state index contributed by atoms with van der Waals surface area (Å²) in [5.74, 6) is 0.260. The van der Waals surface area contributed by atoms with Crippen LogP contribution in [0.1, 0.15) is 33.1 Å². The second-order valence-electron chi connectivity index (χ2n) is 7.38. The lowest BCUT2D eigenvalue weighted by molar-refractivity contribution is -0.205. The van der Waals surface area contributed by atoms with Crippen molar-refractivity contribution >= 4 is 29.3 Å². The number of thioether (sulfide) groups is 1. The van der Waals surface area contributed by atoms with E-state index in [-0.39, 0.29) is 11.9 Å². The molecular weight excluding hydrogens is 380 g/mol. The maximum Gasteiger partial charge on any atom is 0.237 e. The van der Waals surface area contributed by atoms with Crippen LogP contribution in [-0.2, 0) is 9.53 Å². The smallest absolute Gasteiger partial charge is 0.237 e. The third-order valence-electron chi connectivity index (χ3n) is 5.22. The standard InChI is InChI=1S/C17H31ClN2O5S/c1-8-5-4-6-19-10(7-8)16(24)20-11(9(2)18)15-13(22)12(21)14(23)17(25-15)26-3/h8-15,17,19,21-23H,4-7H2,1-3H3,(H,20,24)/t8?,9?,10?,11?,12-,13+,14+,15+,17+/m0/s1. The number of ether oxygens (including phenoxy) is 1. The average Bonchev–Trinajstić information content (AvgIpc) is 2.82. The molecule has 0 aromatic carbocycles. The van der Waals surface area contributed by atoms with Crippen molar-refractivity contribution < 1.29 is 24.9 Å². The number of alkyl halides is 1. The summed E-state index contributed by atoms with van der Waals surface area (Å²) in [5.41, 5.74) is -0.704. The van der Waals surface area contributed by atoms with Gasteiger partial charge in [-0.05, 0) is 44.9 Å². The number of aliphatic hydroxyl groups excluding tert-OH is 3. The number of aliphatic hydroxyl groups is 3. The quantitative estimate of drug-likeness (QED) is 0.407. The topological polar surface area (TPSA) is 111 Å². The van der Waals surface area contributed by atoms with Crippen LogP contribution in [0.2, 0.25) is 0 Å². The van der Waals surface area contributed by atoms with Crippen molar-refractivity contribution in [1.29, 1.82) is 0 Å². The van der Waals surface area contributed by atoms with Crippen LogP contribution >= 0.6 is 23.4 Å². The lowest BCUT2D eigenvalue weighted by atomic mass is 9.92. The molecule has 2 aliphatic rings. The van der Waals surface area contributed by atoms with Gasteiger partial charge in [-0.3, -0.25) is 4.79 Å². The van der Waals surface area contributed by atoms with E-state index in [4.69, 9.17) is 16.3 Å². The molecular formula is C17H31ClN2O5S. The van der Waals surface area contributed by atoms with Gasteiger partial charge in [0, 0.05) is 0 Å². The summed E-state index contributed by atoms with van der Waals surface area (Å²) in [6, 6.07) is -1.02. The van der Waals surface area contributed by atoms with Gasteiger partial charge in [0.25, 0.3) is 0 Å². The van der Waals surface area contributed by atoms with E-state index >= 15 is 0 Å². The predicted molar refractivity (Wildman–Crippen MR) is 102 cm³/mol. The van der Waals surface area contributed by atoms with Gasteiger partial charge in [0.2, 0.25) is 5.91 Å². The Bertz CT molecular complexity index is 470. The SMILES string of the molecule is CS[C@H]1O[C@H](C(NC(=O)C2CC(C)CCCN2)C(C)Cl)[C@H](O)[C@H](O)[C@H]1O. The Kier molecular flexibility index (Phi) is 8.46. The highest BCUT2D eigenvalue weighted by molar-refractivity contribution is 7.99. The summed E-state index contributed by atoms with van der Waals surface area (Å²) < 4.78 is 5.77. The van der Waals surface area contributed by atoms with E-state index in [0.29, 0.717) is 5.92 Å². The molecule has 2 aliphatic heterocycles. The second-order valence-corrected chi connectivity index (χ2v) is 9.00. The number of hydrogen-bond donors (Lipinski definition) is 5. The van der Waals surface area contributed by atoms with Gasteiger partial charge in [-0.2, -0.15) is 0 Å². The molecule has 0 spiro atoms. The fourth-order valence-electron chi connectivity index (χ4n) is 3.62. The van der Waals surface area contributed by atoms with Crippen LogP contribution in [0, 0.1) is 5.92 Å². The molecule has 26 heavy (non-hydrogen) atoms. The zero-order chi connectivity index (χ0) is 19.4.